The van der Waals surface area contributed by atoms with E-state index in [1.54, 1.807) is 24.9 Å². The van der Waals surface area contributed by atoms with Crippen LogP contribution in [0.15, 0.2) is 47.4 Å². The number of non-ortho nitro benzene ring substituents is 1. The molecule has 0 fully saturated rings. The van der Waals surface area contributed by atoms with Crippen LogP contribution >= 0.6 is 11.8 Å². The molecular weight excluding hydrogens is 276 g/mol. The van der Waals surface area contributed by atoms with Crippen LogP contribution in [-0.2, 0) is 5.75 Å². The molecule has 0 atom stereocenters. The molecule has 0 unspecified atom stereocenters. The fraction of sp³-hybridized carbons (Fsp3) is 0.143. The van der Waals surface area contributed by atoms with Crippen molar-refractivity contribution in [2.75, 3.05) is 12.8 Å². The second kappa shape index (κ2) is 6.29. The van der Waals surface area contributed by atoms with Crippen LogP contribution in [0, 0.1) is 10.1 Å². The van der Waals surface area contributed by atoms with Crippen LogP contribution < -0.4 is 10.5 Å². The Morgan fingerprint density at radius 3 is 2.75 bits per heavy atom. The van der Waals surface area contributed by atoms with Gasteiger partial charge in [-0.3, -0.25) is 10.1 Å². The van der Waals surface area contributed by atoms with E-state index in [2.05, 4.69) is 0 Å². The Labute approximate surface area is 120 Å². The number of thioether (sulfide) groups is 1. The molecule has 0 radical (unpaired) electrons. The number of rotatable bonds is 5. The molecule has 2 aromatic carbocycles. The number of nitro benzene ring substituents is 1. The maximum Gasteiger partial charge on any atom is 0.270 e. The van der Waals surface area contributed by atoms with Crippen molar-refractivity contribution in [2.45, 2.75) is 10.6 Å². The van der Waals surface area contributed by atoms with E-state index in [1.165, 1.54) is 12.1 Å². The number of nitrogens with zero attached hydrogens (tertiary/aromatic N) is 1. The third kappa shape index (κ3) is 3.42. The van der Waals surface area contributed by atoms with Crippen molar-refractivity contribution in [1.82, 2.24) is 0 Å². The van der Waals surface area contributed by atoms with E-state index in [0.29, 0.717) is 17.2 Å². The summed E-state index contributed by atoms with van der Waals surface area (Å²) in [4.78, 5) is 11.4. The Balaban J connectivity index is 2.19. The molecule has 0 aromatic heterocycles. The molecule has 2 N–H and O–H groups in total. The monoisotopic (exact) mass is 290 g/mol. The first kappa shape index (κ1) is 14.2. The number of anilines is 1. The highest BCUT2D eigenvalue weighted by Crippen LogP contribution is 2.31. The van der Waals surface area contributed by atoms with E-state index in [-0.39, 0.29) is 5.69 Å². The fourth-order valence-corrected chi connectivity index (χ4v) is 2.70. The lowest BCUT2D eigenvalue weighted by Crippen LogP contribution is -1.94. The van der Waals surface area contributed by atoms with Gasteiger partial charge >= 0.3 is 0 Å². The first-order valence-corrected chi connectivity index (χ1v) is 6.88. The molecule has 0 bridgehead atoms. The van der Waals surface area contributed by atoms with Gasteiger partial charge in [0, 0.05) is 34.0 Å². The van der Waals surface area contributed by atoms with E-state index in [1.807, 2.05) is 24.3 Å². The number of nitrogen functional groups attached to an aromatic ring is 1. The zero-order valence-electron chi connectivity index (χ0n) is 10.9. The molecule has 0 saturated heterocycles. The number of hydrogen-bond acceptors (Lipinski definition) is 5. The van der Waals surface area contributed by atoms with Crippen LogP contribution in [0.1, 0.15) is 5.56 Å². The van der Waals surface area contributed by atoms with Gasteiger partial charge in [-0.2, -0.15) is 0 Å². The van der Waals surface area contributed by atoms with Gasteiger partial charge in [0.05, 0.1) is 12.0 Å². The van der Waals surface area contributed by atoms with Crippen molar-refractivity contribution < 1.29 is 9.66 Å². The zero-order valence-corrected chi connectivity index (χ0v) is 11.7. The fourth-order valence-electron chi connectivity index (χ4n) is 1.76. The van der Waals surface area contributed by atoms with Gasteiger partial charge in [0.15, 0.2) is 0 Å². The van der Waals surface area contributed by atoms with Crippen molar-refractivity contribution in [3.8, 4) is 5.75 Å². The van der Waals surface area contributed by atoms with Gasteiger partial charge in [-0.05, 0) is 24.3 Å². The molecule has 0 amide bonds. The molecule has 5 nitrogen and oxygen atoms in total. The largest absolute Gasteiger partial charge is 0.496 e. The van der Waals surface area contributed by atoms with Gasteiger partial charge in [0.1, 0.15) is 5.75 Å². The summed E-state index contributed by atoms with van der Waals surface area (Å²) in [6.07, 6.45) is 0. The second-order valence-corrected chi connectivity index (χ2v) is 5.16. The molecule has 6 heteroatoms. The Morgan fingerprint density at radius 2 is 2.10 bits per heavy atom. The Hall–Kier alpha value is -2.21. The highest BCUT2D eigenvalue weighted by atomic mass is 32.2. The third-order valence-electron chi connectivity index (χ3n) is 2.73. The predicted molar refractivity (Wildman–Crippen MR) is 80.1 cm³/mol. The average Bonchev–Trinajstić information content (AvgIpc) is 2.44. The van der Waals surface area contributed by atoms with Crippen LogP contribution in [0.2, 0.25) is 0 Å². The maximum absolute atomic E-state index is 10.8. The van der Waals surface area contributed by atoms with Crippen molar-refractivity contribution in [3.63, 3.8) is 0 Å². The molecule has 0 aliphatic rings. The highest BCUT2D eigenvalue weighted by molar-refractivity contribution is 7.98. The normalized spacial score (nSPS) is 10.2. The molecule has 0 spiro atoms. The first-order valence-electron chi connectivity index (χ1n) is 5.90. The van der Waals surface area contributed by atoms with Crippen LogP contribution in [-0.4, -0.2) is 12.0 Å². The quantitative estimate of drug-likeness (QED) is 0.395. The molecule has 104 valence electrons. The third-order valence-corrected chi connectivity index (χ3v) is 3.77. The topological polar surface area (TPSA) is 78.4 Å². The molecule has 2 rings (SSSR count). The van der Waals surface area contributed by atoms with Crippen molar-refractivity contribution in [3.05, 3.63) is 58.1 Å². The molecule has 0 aliphatic heterocycles. The SMILES string of the molecule is COc1ccc([N+](=O)[O-])cc1CSc1cccc(N)c1. The standard InChI is InChI=1S/C14H14N2O3S/c1-19-14-6-5-12(16(17)18)7-10(14)9-20-13-4-2-3-11(15)8-13/h2-8H,9,15H2,1H3. The smallest absolute Gasteiger partial charge is 0.270 e. The van der Waals surface area contributed by atoms with Crippen LogP contribution in [0.3, 0.4) is 0 Å². The summed E-state index contributed by atoms with van der Waals surface area (Å²) < 4.78 is 5.23. The van der Waals surface area contributed by atoms with Crippen molar-refractivity contribution in [1.29, 1.82) is 0 Å². The summed E-state index contributed by atoms with van der Waals surface area (Å²) in [5.74, 6) is 1.22. The minimum atomic E-state index is -0.409. The summed E-state index contributed by atoms with van der Waals surface area (Å²) in [6, 6.07) is 12.1. The van der Waals surface area contributed by atoms with E-state index in [0.717, 1.165) is 10.5 Å². The van der Waals surface area contributed by atoms with Gasteiger partial charge < -0.3 is 10.5 Å². The molecule has 0 heterocycles. The summed E-state index contributed by atoms with van der Waals surface area (Å²) in [5, 5.41) is 10.8. The van der Waals surface area contributed by atoms with E-state index in [4.69, 9.17) is 10.5 Å². The lowest BCUT2D eigenvalue weighted by atomic mass is 10.2. The van der Waals surface area contributed by atoms with Gasteiger partial charge in [-0.1, -0.05) is 6.07 Å². The van der Waals surface area contributed by atoms with Gasteiger partial charge in [0.25, 0.3) is 5.69 Å². The molecule has 20 heavy (non-hydrogen) atoms. The van der Waals surface area contributed by atoms with Crippen molar-refractivity contribution >= 4 is 23.1 Å². The zero-order chi connectivity index (χ0) is 14.5. The molecular formula is C14H14N2O3S. The first-order chi connectivity index (χ1) is 9.60. The Morgan fingerprint density at radius 1 is 1.30 bits per heavy atom. The van der Waals surface area contributed by atoms with Crippen LogP contribution in [0.25, 0.3) is 0 Å². The summed E-state index contributed by atoms with van der Waals surface area (Å²) in [6.45, 7) is 0. The number of benzene rings is 2. The predicted octanol–water partition coefficient (Wildman–Crippen LogP) is 3.48. The van der Waals surface area contributed by atoms with Crippen LogP contribution in [0.5, 0.6) is 5.75 Å². The van der Waals surface area contributed by atoms with Crippen molar-refractivity contribution in [2.24, 2.45) is 0 Å². The number of hydrogen-bond donors (Lipinski definition) is 1. The lowest BCUT2D eigenvalue weighted by molar-refractivity contribution is -0.384. The summed E-state index contributed by atoms with van der Waals surface area (Å²) in [7, 11) is 1.55. The number of ether oxygens (including phenoxy) is 1. The molecule has 2 aromatic rings. The van der Waals surface area contributed by atoms with Gasteiger partial charge in [-0.25, -0.2) is 0 Å². The number of nitro groups is 1. The van der Waals surface area contributed by atoms with E-state index in [9.17, 15) is 10.1 Å². The van der Waals surface area contributed by atoms with E-state index < -0.39 is 4.92 Å². The van der Waals surface area contributed by atoms with E-state index >= 15 is 0 Å². The minimum absolute atomic E-state index is 0.0639. The highest BCUT2D eigenvalue weighted by Gasteiger charge is 2.11. The van der Waals surface area contributed by atoms with Gasteiger partial charge in [0.2, 0.25) is 0 Å². The van der Waals surface area contributed by atoms with Crippen LogP contribution in [0.4, 0.5) is 11.4 Å². The summed E-state index contributed by atoms with van der Waals surface area (Å²) in [5.41, 5.74) is 7.27. The summed E-state index contributed by atoms with van der Waals surface area (Å²) >= 11 is 1.56. The maximum atomic E-state index is 10.8. The number of methoxy groups -OCH3 is 1. The number of nitrogens with two attached hydrogens (primary N) is 1. The minimum Gasteiger partial charge on any atom is -0.496 e. The second-order valence-electron chi connectivity index (χ2n) is 4.11. The Bertz CT molecular complexity index is 632. The average molecular weight is 290 g/mol. The lowest BCUT2D eigenvalue weighted by Gasteiger charge is -2.08. The molecule has 0 saturated carbocycles. The molecule has 0 aliphatic carbocycles. The van der Waals surface area contributed by atoms with Gasteiger partial charge in [-0.15, -0.1) is 11.8 Å². The Kier molecular flexibility index (Phi) is 4.47.